The van der Waals surface area contributed by atoms with E-state index in [1.807, 2.05) is 0 Å². The molecule has 0 aromatic carbocycles. The van der Waals surface area contributed by atoms with E-state index in [0.717, 1.165) is 0 Å². The van der Waals surface area contributed by atoms with Crippen molar-refractivity contribution in [2.45, 2.75) is 0 Å². The molecule has 0 unspecified atom stereocenters. The zero-order chi connectivity index (χ0) is 8.57. The maximum atomic E-state index is 10.5. The minimum atomic E-state index is -1.41. The summed E-state index contributed by atoms with van der Waals surface area (Å²) >= 11 is 0. The molecule has 68 valence electrons. The Morgan fingerprint density at radius 2 is 1.09 bits per heavy atom. The summed E-state index contributed by atoms with van der Waals surface area (Å²) in [5, 5.41) is 14.7. The molecular formula is C4H6F2FeO4. The van der Waals surface area contributed by atoms with Gasteiger partial charge in [0.1, 0.15) is 0 Å². The third kappa shape index (κ3) is 45.3. The Morgan fingerprint density at radius 1 is 1.00 bits per heavy atom. The number of hydrogen-bond donors (Lipinski definition) is 2. The van der Waals surface area contributed by atoms with Crippen LogP contribution >= 0.6 is 0 Å². The van der Waals surface area contributed by atoms with Crippen LogP contribution in [-0.2, 0) is 26.7 Å². The molecule has 0 aliphatic heterocycles. The molecule has 7 heteroatoms. The minimum Gasteiger partial charge on any atom is -0.479 e. The van der Waals surface area contributed by atoms with Crippen molar-refractivity contribution in [1.29, 1.82) is 0 Å². The first-order valence-electron chi connectivity index (χ1n) is 2.10. The average Bonchev–Trinajstić information content (AvgIpc) is 1.89. The Bertz CT molecular complexity index is 105. The summed E-state index contributed by atoms with van der Waals surface area (Å²) in [7, 11) is 0. The minimum absolute atomic E-state index is 0. The van der Waals surface area contributed by atoms with Gasteiger partial charge in [-0.15, -0.1) is 0 Å². The molecular weight excluding hydrogens is 206 g/mol. The van der Waals surface area contributed by atoms with Gasteiger partial charge in [0.15, 0.2) is 13.3 Å². The van der Waals surface area contributed by atoms with Crippen LogP contribution in [0.15, 0.2) is 0 Å². The predicted molar refractivity (Wildman–Crippen MR) is 27.2 cm³/mol. The van der Waals surface area contributed by atoms with E-state index >= 15 is 0 Å². The molecule has 0 rings (SSSR count). The molecule has 0 aromatic heterocycles. The van der Waals surface area contributed by atoms with E-state index in [0.29, 0.717) is 0 Å². The van der Waals surface area contributed by atoms with Gasteiger partial charge in [-0.2, -0.15) is 0 Å². The first-order chi connectivity index (χ1) is 4.54. The van der Waals surface area contributed by atoms with Crippen LogP contribution in [0.2, 0.25) is 0 Å². The van der Waals surface area contributed by atoms with Crippen LogP contribution in [0.5, 0.6) is 0 Å². The first kappa shape index (κ1) is 16.7. The van der Waals surface area contributed by atoms with Gasteiger partial charge in [0, 0.05) is 17.1 Å². The summed E-state index contributed by atoms with van der Waals surface area (Å²) in [5.74, 6) is -2.82. The molecule has 0 fully saturated rings. The molecule has 0 heterocycles. The fourth-order valence-electron chi connectivity index (χ4n) is 0. The molecule has 0 amide bonds. The van der Waals surface area contributed by atoms with Crippen molar-refractivity contribution in [2.75, 3.05) is 13.3 Å². The Morgan fingerprint density at radius 3 is 1.09 bits per heavy atom. The molecule has 0 aliphatic rings. The van der Waals surface area contributed by atoms with Crippen molar-refractivity contribution < 1.29 is 45.7 Å². The summed E-state index contributed by atoms with van der Waals surface area (Å²) in [4.78, 5) is 18.0. The van der Waals surface area contributed by atoms with Gasteiger partial charge in [0.2, 0.25) is 0 Å². The quantitative estimate of drug-likeness (QED) is 0.635. The summed E-state index contributed by atoms with van der Waals surface area (Å²) in [6.45, 7) is -2.56. The zero-order valence-corrected chi connectivity index (χ0v) is 6.34. The van der Waals surface area contributed by atoms with Crippen molar-refractivity contribution in [3.63, 3.8) is 0 Å². The molecule has 4 nitrogen and oxygen atoms in total. The van der Waals surface area contributed by atoms with E-state index in [-0.39, 0.29) is 17.1 Å². The van der Waals surface area contributed by atoms with E-state index < -0.39 is 25.3 Å². The fraction of sp³-hybridized carbons (Fsp3) is 0.500. The smallest absolute Gasteiger partial charge is 0.335 e. The summed E-state index contributed by atoms with van der Waals surface area (Å²) < 4.78 is 21.0. The number of carboxylic acid groups (broad SMARTS) is 2. The Hall–Kier alpha value is -0.681. The van der Waals surface area contributed by atoms with Crippen molar-refractivity contribution in [3.8, 4) is 0 Å². The van der Waals surface area contributed by atoms with Crippen molar-refractivity contribution >= 4 is 11.9 Å². The first-order valence-corrected chi connectivity index (χ1v) is 2.10. The largest absolute Gasteiger partial charge is 0.479 e. The maximum absolute atomic E-state index is 10.5. The van der Waals surface area contributed by atoms with Gasteiger partial charge < -0.3 is 10.2 Å². The second-order valence-corrected chi connectivity index (χ2v) is 1.05. The van der Waals surface area contributed by atoms with Crippen LogP contribution in [0.1, 0.15) is 0 Å². The van der Waals surface area contributed by atoms with Gasteiger partial charge in [-0.3, -0.25) is 0 Å². The number of aliphatic carboxylic acids is 2. The fourth-order valence-corrected chi connectivity index (χ4v) is 0. The molecule has 0 saturated heterocycles. The maximum Gasteiger partial charge on any atom is 0.335 e. The van der Waals surface area contributed by atoms with Gasteiger partial charge in [-0.05, 0) is 0 Å². The van der Waals surface area contributed by atoms with Crippen LogP contribution in [0.25, 0.3) is 0 Å². The Labute approximate surface area is 71.7 Å². The monoisotopic (exact) mass is 212 g/mol. The van der Waals surface area contributed by atoms with Crippen molar-refractivity contribution in [2.24, 2.45) is 0 Å². The second kappa shape index (κ2) is 12.0. The summed E-state index contributed by atoms with van der Waals surface area (Å²) in [6, 6.07) is 0. The third-order valence-corrected chi connectivity index (χ3v) is 0.229. The molecule has 0 bridgehead atoms. The van der Waals surface area contributed by atoms with Crippen LogP contribution in [0.4, 0.5) is 8.78 Å². The molecule has 2 N–H and O–H groups in total. The normalized spacial score (nSPS) is 6.73. The summed E-state index contributed by atoms with van der Waals surface area (Å²) in [5.41, 5.74) is 0. The summed E-state index contributed by atoms with van der Waals surface area (Å²) in [6.07, 6.45) is 0. The topological polar surface area (TPSA) is 74.6 Å². The third-order valence-electron chi connectivity index (χ3n) is 0.229. The van der Waals surface area contributed by atoms with Gasteiger partial charge in [0.25, 0.3) is 0 Å². The molecule has 0 spiro atoms. The van der Waals surface area contributed by atoms with Crippen LogP contribution in [0.3, 0.4) is 0 Å². The van der Waals surface area contributed by atoms with Crippen molar-refractivity contribution in [3.05, 3.63) is 0 Å². The van der Waals surface area contributed by atoms with Crippen LogP contribution in [-0.4, -0.2) is 35.5 Å². The zero-order valence-electron chi connectivity index (χ0n) is 5.23. The van der Waals surface area contributed by atoms with Gasteiger partial charge in [-0.1, -0.05) is 0 Å². The van der Waals surface area contributed by atoms with E-state index in [1.165, 1.54) is 0 Å². The number of hydrogen-bond acceptors (Lipinski definition) is 2. The Kier molecular flexibility index (Phi) is 18.3. The number of alkyl halides is 2. The second-order valence-electron chi connectivity index (χ2n) is 1.05. The molecule has 0 saturated carbocycles. The SMILES string of the molecule is O=C(O)CF.O=C(O)CF.[Fe]. The number of carboxylic acids is 2. The van der Waals surface area contributed by atoms with Gasteiger partial charge in [0.05, 0.1) is 0 Å². The molecule has 0 radical (unpaired) electrons. The average molecular weight is 212 g/mol. The number of carbonyl (C=O) groups is 2. The number of rotatable bonds is 2. The molecule has 0 atom stereocenters. The Balaban J connectivity index is -0.000000107. The van der Waals surface area contributed by atoms with E-state index in [2.05, 4.69) is 0 Å². The van der Waals surface area contributed by atoms with Crippen LogP contribution in [0, 0.1) is 0 Å². The van der Waals surface area contributed by atoms with Crippen molar-refractivity contribution in [1.82, 2.24) is 0 Å². The van der Waals surface area contributed by atoms with Crippen LogP contribution < -0.4 is 0 Å². The molecule has 0 aliphatic carbocycles. The predicted octanol–water partition coefficient (Wildman–Crippen LogP) is 0.0785. The molecule has 11 heavy (non-hydrogen) atoms. The van der Waals surface area contributed by atoms with Gasteiger partial charge in [-0.25, -0.2) is 18.4 Å². The standard InChI is InChI=1S/2C2H3FO2.Fe/c2*3-1-2(4)5;/h2*1H2,(H,4,5);. The van der Waals surface area contributed by atoms with E-state index in [4.69, 9.17) is 19.8 Å². The van der Waals surface area contributed by atoms with E-state index in [9.17, 15) is 8.78 Å². The molecule has 0 aromatic rings. The van der Waals surface area contributed by atoms with E-state index in [1.54, 1.807) is 0 Å². The van der Waals surface area contributed by atoms with Gasteiger partial charge >= 0.3 is 11.9 Å². The number of halogens is 2.